The third-order valence-corrected chi connectivity index (χ3v) is 11.6. The lowest BCUT2D eigenvalue weighted by molar-refractivity contribution is -0.157. The number of carbonyl (C=O) groups is 6. The van der Waals surface area contributed by atoms with Crippen LogP contribution >= 0.6 is 0 Å². The molecule has 0 bridgehead atoms. The second-order valence-corrected chi connectivity index (χ2v) is 21.2. The molecule has 0 amide bonds. The van der Waals surface area contributed by atoms with Crippen LogP contribution in [0.4, 0.5) is 0 Å². The smallest absolute Gasteiger partial charge is 0.308 e. The molecule has 3 atom stereocenters. The van der Waals surface area contributed by atoms with Crippen LogP contribution < -0.4 is 4.74 Å². The largest absolute Gasteiger partial charge is 0.496 e. The van der Waals surface area contributed by atoms with Gasteiger partial charge >= 0.3 is 11.9 Å². The van der Waals surface area contributed by atoms with Crippen molar-refractivity contribution < 1.29 is 43.0 Å². The molecule has 9 nitrogen and oxygen atoms in total. The van der Waals surface area contributed by atoms with E-state index in [0.29, 0.717) is 32.1 Å². The molecule has 0 saturated heterocycles. The number of hydrogen-bond acceptors (Lipinski definition) is 9. The Balaban J connectivity index is 0.00000213. The molecule has 0 aromatic heterocycles. The van der Waals surface area contributed by atoms with Crippen molar-refractivity contribution in [2.24, 2.45) is 22.7 Å². The zero-order valence-electron chi connectivity index (χ0n) is 43.0. The summed E-state index contributed by atoms with van der Waals surface area (Å²) in [6.07, 6.45) is 9.80. The van der Waals surface area contributed by atoms with E-state index in [2.05, 4.69) is 139 Å². The first-order valence-electron chi connectivity index (χ1n) is 23.2. The van der Waals surface area contributed by atoms with Crippen LogP contribution in [0.5, 0.6) is 5.75 Å². The Bertz CT molecular complexity index is 1920. The Hall–Kier alpha value is -4.92. The molecule has 65 heavy (non-hydrogen) atoms. The van der Waals surface area contributed by atoms with Crippen molar-refractivity contribution in [2.75, 3.05) is 20.3 Å². The number of hydrogen-bond donors (Lipinski definition) is 0. The molecule has 0 N–H and O–H groups in total. The maximum Gasteiger partial charge on any atom is 0.308 e. The number of carbonyl (C=O) groups excluding carboxylic acids is 6. The minimum absolute atomic E-state index is 0.0514. The third kappa shape index (κ3) is 17.1. The summed E-state index contributed by atoms with van der Waals surface area (Å²) < 4.78 is 16.9. The van der Waals surface area contributed by atoms with Crippen LogP contribution in [0.2, 0.25) is 0 Å². The van der Waals surface area contributed by atoms with Crippen molar-refractivity contribution in [1.82, 2.24) is 0 Å². The molecule has 2 aromatic rings. The molecule has 3 rings (SSSR count). The molecule has 3 unspecified atom stereocenters. The Morgan fingerprint density at radius 1 is 0.646 bits per heavy atom. The fraction of sp³-hybridized carbons (Fsp3) is 0.571. The Kier molecular flexibility index (Phi) is 23.0. The van der Waals surface area contributed by atoms with Crippen LogP contribution in [0.25, 0.3) is 5.57 Å². The van der Waals surface area contributed by atoms with Gasteiger partial charge in [-0.25, -0.2) is 0 Å². The van der Waals surface area contributed by atoms with Crippen LogP contribution in [-0.4, -0.2) is 57.4 Å². The standard InChI is InChI=1S/C50H72O6.C5H8O2.CH2O/c1-18-31(3)45(52)55-24-25-56-46(53)32(4)26-33(19-2)34-20-22-35(23-21-34)42(36-27-38(47(5,6)7)43(51)39(28-36)48(8,9)10)37-29-40(49(11,12)13)44(54-17)41(30-37)50(14,15)16;6-4-2-1-3-5-7;1-2/h20-23,27-33H,18-19,24-26H2,1-17H3;4-5H,1-3H2;1H2. The average Bonchev–Trinajstić information content (AvgIpc) is 3.23. The van der Waals surface area contributed by atoms with Crippen LogP contribution in [0.3, 0.4) is 0 Å². The predicted molar refractivity (Wildman–Crippen MR) is 264 cm³/mol. The summed E-state index contributed by atoms with van der Waals surface area (Å²) in [7, 11) is 1.76. The van der Waals surface area contributed by atoms with Crippen molar-refractivity contribution in [3.63, 3.8) is 0 Å². The van der Waals surface area contributed by atoms with Gasteiger partial charge < -0.3 is 28.6 Å². The first-order valence-corrected chi connectivity index (χ1v) is 23.2. The molecule has 1 aliphatic carbocycles. The highest BCUT2D eigenvalue weighted by atomic mass is 16.6. The third-order valence-electron chi connectivity index (χ3n) is 11.6. The molecular weight excluding hydrogens is 817 g/mol. The molecule has 1 aliphatic rings. The predicted octanol–water partition coefficient (Wildman–Crippen LogP) is 12.6. The Labute approximate surface area is 392 Å². The summed E-state index contributed by atoms with van der Waals surface area (Å²) >= 11 is 0. The Morgan fingerprint density at radius 3 is 1.43 bits per heavy atom. The number of rotatable bonds is 17. The van der Waals surface area contributed by atoms with Crippen LogP contribution in [0.1, 0.15) is 183 Å². The number of aldehydes is 2. The molecule has 9 heteroatoms. The zero-order chi connectivity index (χ0) is 50.1. The van der Waals surface area contributed by atoms with Gasteiger partial charge in [0.05, 0.1) is 18.9 Å². The highest BCUT2D eigenvalue weighted by molar-refractivity contribution is 6.12. The fourth-order valence-electron chi connectivity index (χ4n) is 7.50. The topological polar surface area (TPSA) is 130 Å². The molecule has 0 heterocycles. The maximum absolute atomic E-state index is 14.1. The normalized spacial score (nSPS) is 14.5. The molecule has 0 fully saturated rings. The van der Waals surface area contributed by atoms with Gasteiger partial charge in [0.2, 0.25) is 0 Å². The van der Waals surface area contributed by atoms with Gasteiger partial charge in [-0.2, -0.15) is 0 Å². The molecule has 0 saturated carbocycles. The lowest BCUT2D eigenvalue weighted by Crippen LogP contribution is -2.28. The van der Waals surface area contributed by atoms with Gasteiger partial charge in [-0.1, -0.05) is 135 Å². The average molecular weight is 899 g/mol. The summed E-state index contributed by atoms with van der Waals surface area (Å²) in [6, 6.07) is 13.3. The molecular formula is C56H82O9. The van der Waals surface area contributed by atoms with Gasteiger partial charge in [-0.15, -0.1) is 0 Å². The lowest BCUT2D eigenvalue weighted by atomic mass is 9.70. The van der Waals surface area contributed by atoms with Gasteiger partial charge in [-0.05, 0) is 105 Å². The summed E-state index contributed by atoms with van der Waals surface area (Å²) in [4.78, 5) is 66.2. The number of esters is 2. The van der Waals surface area contributed by atoms with Crippen LogP contribution in [0.15, 0.2) is 65.3 Å². The summed E-state index contributed by atoms with van der Waals surface area (Å²) in [5.41, 5.74) is 8.08. The molecule has 360 valence electrons. The van der Waals surface area contributed by atoms with Crippen LogP contribution in [0, 0.1) is 22.7 Å². The quantitative estimate of drug-likeness (QED) is 0.0865. The van der Waals surface area contributed by atoms with E-state index in [1.54, 1.807) is 7.11 Å². The molecule has 2 aromatic carbocycles. The van der Waals surface area contributed by atoms with E-state index in [4.69, 9.17) is 19.0 Å². The number of ether oxygens (including phenoxy) is 3. The van der Waals surface area contributed by atoms with Crippen molar-refractivity contribution in [3.05, 3.63) is 93.1 Å². The van der Waals surface area contributed by atoms with Crippen molar-refractivity contribution in [3.8, 4) is 5.75 Å². The monoisotopic (exact) mass is 899 g/mol. The number of ketones is 1. The van der Waals surface area contributed by atoms with Gasteiger partial charge in [0, 0.05) is 35.1 Å². The van der Waals surface area contributed by atoms with Gasteiger partial charge in [-0.3, -0.25) is 14.4 Å². The summed E-state index contributed by atoms with van der Waals surface area (Å²) in [5.74, 6) is 0.103. The van der Waals surface area contributed by atoms with E-state index in [-0.39, 0.29) is 70.3 Å². The van der Waals surface area contributed by atoms with Crippen molar-refractivity contribution in [1.29, 1.82) is 0 Å². The maximum atomic E-state index is 14.1. The van der Waals surface area contributed by atoms with E-state index < -0.39 is 0 Å². The number of allylic oxidation sites excluding steroid dienone is 5. The number of methoxy groups -OCH3 is 1. The van der Waals surface area contributed by atoms with E-state index in [9.17, 15) is 24.0 Å². The van der Waals surface area contributed by atoms with E-state index in [1.807, 2.05) is 27.6 Å². The van der Waals surface area contributed by atoms with Crippen LogP contribution in [-0.2, 0) is 49.1 Å². The minimum atomic E-state index is -0.362. The molecule has 0 aliphatic heterocycles. The lowest BCUT2D eigenvalue weighted by Gasteiger charge is -2.33. The molecule has 0 spiro atoms. The highest BCUT2D eigenvalue weighted by Gasteiger charge is 2.36. The minimum Gasteiger partial charge on any atom is -0.496 e. The first kappa shape index (κ1) is 58.1. The Morgan fingerprint density at radius 2 is 1.08 bits per heavy atom. The van der Waals surface area contributed by atoms with E-state index in [1.165, 1.54) is 0 Å². The van der Waals surface area contributed by atoms with Gasteiger partial charge in [0.1, 0.15) is 38.3 Å². The second kappa shape index (κ2) is 25.7. The van der Waals surface area contributed by atoms with Crippen molar-refractivity contribution >= 4 is 42.7 Å². The summed E-state index contributed by atoms with van der Waals surface area (Å²) in [5, 5.41) is 0. The number of unbranched alkanes of at least 4 members (excludes halogenated alkanes) is 2. The number of Topliss-reactive ketones (excluding diaryl/α,β-unsaturated/α-hetero) is 1. The fourth-order valence-corrected chi connectivity index (χ4v) is 7.50. The second-order valence-electron chi connectivity index (χ2n) is 21.2. The zero-order valence-corrected chi connectivity index (χ0v) is 43.0. The summed E-state index contributed by atoms with van der Waals surface area (Å²) in [6.45, 7) is 35.9. The molecule has 0 radical (unpaired) electrons. The SMILES string of the molecule is C=O.CCC(C)C(=O)OCCOC(=O)C(C)CC(CC)c1ccc(C(=C2C=C(C(C)(C)C)C(=O)C(C(C)(C)C)=C2)c2cc(C(C)(C)C)c(OC)c(C(C)(C)C)c2)cc1.O=CCCCC=O. The first-order chi connectivity index (χ1) is 30.2. The van der Waals surface area contributed by atoms with E-state index >= 15 is 0 Å². The highest BCUT2D eigenvalue weighted by Crippen LogP contribution is 2.46. The van der Waals surface area contributed by atoms with E-state index in [0.717, 1.165) is 74.9 Å². The number of benzene rings is 2. The van der Waals surface area contributed by atoms with Gasteiger partial charge in [0.15, 0.2) is 5.78 Å². The van der Waals surface area contributed by atoms with Gasteiger partial charge in [0.25, 0.3) is 0 Å². The van der Waals surface area contributed by atoms with Crippen molar-refractivity contribution in [2.45, 2.75) is 166 Å².